The third-order valence-electron chi connectivity index (χ3n) is 3.97. The molecule has 124 valence electrons. The highest BCUT2D eigenvalue weighted by Gasteiger charge is 2.19. The van der Waals surface area contributed by atoms with Crippen LogP contribution < -0.4 is 10.2 Å². The summed E-state index contributed by atoms with van der Waals surface area (Å²) in [5, 5.41) is 6.94. The Kier molecular flexibility index (Phi) is 4.61. The maximum absolute atomic E-state index is 11.5. The number of carbonyl (C=O) groups is 1. The lowest BCUT2D eigenvalue weighted by Gasteiger charge is -2.35. The molecule has 0 aliphatic carbocycles. The van der Waals surface area contributed by atoms with Gasteiger partial charge in [0.05, 0.1) is 6.61 Å². The molecule has 0 aromatic carbocycles. The molecule has 0 atom stereocenters. The Labute approximate surface area is 135 Å². The number of anilines is 2. The lowest BCUT2D eigenvalue weighted by atomic mass is 10.3. The van der Waals surface area contributed by atoms with E-state index in [4.69, 9.17) is 4.74 Å². The van der Waals surface area contributed by atoms with Gasteiger partial charge in [0, 0.05) is 26.2 Å². The molecule has 1 aliphatic rings. The minimum Gasteiger partial charge on any atom is -0.450 e. The van der Waals surface area contributed by atoms with E-state index in [-0.39, 0.29) is 5.95 Å². The van der Waals surface area contributed by atoms with E-state index in [2.05, 4.69) is 32.1 Å². The van der Waals surface area contributed by atoms with Crippen LogP contribution in [0.4, 0.5) is 16.6 Å². The summed E-state index contributed by atoms with van der Waals surface area (Å²) in [6.45, 7) is 9.30. The molecule has 23 heavy (non-hydrogen) atoms. The summed E-state index contributed by atoms with van der Waals surface area (Å²) in [6, 6.07) is 5.85. The highest BCUT2D eigenvalue weighted by molar-refractivity contribution is 5.82. The van der Waals surface area contributed by atoms with Gasteiger partial charge < -0.3 is 14.5 Å². The molecule has 1 amide bonds. The Morgan fingerprint density at radius 1 is 1.26 bits per heavy atom. The summed E-state index contributed by atoms with van der Waals surface area (Å²) in [5.41, 5.74) is 0.701. The van der Waals surface area contributed by atoms with Crippen molar-refractivity contribution in [2.75, 3.05) is 49.5 Å². The molecule has 8 nitrogen and oxygen atoms in total. The third kappa shape index (κ3) is 3.37. The molecule has 1 aliphatic heterocycles. The number of amides is 1. The highest BCUT2D eigenvalue weighted by Crippen LogP contribution is 2.19. The van der Waals surface area contributed by atoms with Crippen molar-refractivity contribution in [3.05, 3.63) is 18.2 Å². The molecule has 2 aromatic rings. The molecule has 3 rings (SSSR count). The molecule has 2 aromatic heterocycles. The number of likely N-dealkylation sites (N-methyl/N-ethyl adjacent to an activating group) is 1. The van der Waals surface area contributed by atoms with Crippen LogP contribution in [0.15, 0.2) is 18.2 Å². The van der Waals surface area contributed by atoms with E-state index in [1.165, 1.54) is 0 Å². The van der Waals surface area contributed by atoms with Gasteiger partial charge in [0.1, 0.15) is 5.82 Å². The standard InChI is InChI=1S/C15H22N6O2/c1-3-19-8-10-20(11-9-19)13-7-5-6-12-16-14(18-21(12)13)17-15(22)23-4-2/h5-7H,3-4,8-11H2,1-2H3,(H,17,18,22). The number of ether oxygens (including phenoxy) is 1. The lowest BCUT2D eigenvalue weighted by Crippen LogP contribution is -2.46. The number of hydrogen-bond acceptors (Lipinski definition) is 6. The van der Waals surface area contributed by atoms with Crippen LogP contribution in [0.3, 0.4) is 0 Å². The Balaban J connectivity index is 1.81. The number of pyridine rings is 1. The maximum Gasteiger partial charge on any atom is 0.414 e. The van der Waals surface area contributed by atoms with Crippen LogP contribution in [0.5, 0.6) is 0 Å². The fourth-order valence-corrected chi connectivity index (χ4v) is 2.74. The molecular weight excluding hydrogens is 296 g/mol. The quantitative estimate of drug-likeness (QED) is 0.919. The first-order chi connectivity index (χ1) is 11.2. The molecule has 0 bridgehead atoms. The monoisotopic (exact) mass is 318 g/mol. The van der Waals surface area contributed by atoms with Gasteiger partial charge in [-0.25, -0.2) is 4.79 Å². The van der Waals surface area contributed by atoms with Gasteiger partial charge in [0.2, 0.25) is 0 Å². The van der Waals surface area contributed by atoms with Crippen molar-refractivity contribution < 1.29 is 9.53 Å². The Morgan fingerprint density at radius 2 is 2.04 bits per heavy atom. The second-order valence-electron chi connectivity index (χ2n) is 5.36. The Hall–Kier alpha value is -2.35. The van der Waals surface area contributed by atoms with Crippen molar-refractivity contribution in [2.24, 2.45) is 0 Å². The van der Waals surface area contributed by atoms with Crippen LogP contribution in [0, 0.1) is 0 Å². The summed E-state index contributed by atoms with van der Waals surface area (Å²) in [4.78, 5) is 20.5. The van der Waals surface area contributed by atoms with E-state index in [1.807, 2.05) is 18.2 Å². The molecule has 1 fully saturated rings. The smallest absolute Gasteiger partial charge is 0.414 e. The predicted octanol–water partition coefficient (Wildman–Crippen LogP) is 1.44. The van der Waals surface area contributed by atoms with Gasteiger partial charge in [-0.2, -0.15) is 9.50 Å². The molecule has 1 saturated heterocycles. The summed E-state index contributed by atoms with van der Waals surface area (Å²) < 4.78 is 6.62. The van der Waals surface area contributed by atoms with Gasteiger partial charge in [0.25, 0.3) is 5.95 Å². The van der Waals surface area contributed by atoms with E-state index in [0.29, 0.717) is 12.3 Å². The van der Waals surface area contributed by atoms with Crippen molar-refractivity contribution in [3.8, 4) is 0 Å². The zero-order valence-electron chi connectivity index (χ0n) is 13.5. The first kappa shape index (κ1) is 15.5. The summed E-state index contributed by atoms with van der Waals surface area (Å²) in [6.07, 6.45) is -0.540. The number of piperazine rings is 1. The average Bonchev–Trinajstić information content (AvgIpc) is 2.97. The first-order valence-electron chi connectivity index (χ1n) is 7.98. The minimum absolute atomic E-state index is 0.253. The summed E-state index contributed by atoms with van der Waals surface area (Å²) in [5.74, 6) is 1.24. The molecule has 0 radical (unpaired) electrons. The number of carbonyl (C=O) groups excluding carboxylic acids is 1. The van der Waals surface area contributed by atoms with E-state index < -0.39 is 6.09 Å². The molecule has 3 heterocycles. The second kappa shape index (κ2) is 6.82. The Morgan fingerprint density at radius 3 is 2.74 bits per heavy atom. The van der Waals surface area contributed by atoms with Crippen LogP contribution in [-0.4, -0.2) is 64.9 Å². The largest absolute Gasteiger partial charge is 0.450 e. The van der Waals surface area contributed by atoms with E-state index >= 15 is 0 Å². The van der Waals surface area contributed by atoms with Gasteiger partial charge in [-0.1, -0.05) is 13.0 Å². The van der Waals surface area contributed by atoms with Gasteiger partial charge in [-0.15, -0.1) is 5.10 Å². The number of nitrogens with one attached hydrogen (secondary N) is 1. The first-order valence-corrected chi connectivity index (χ1v) is 7.98. The van der Waals surface area contributed by atoms with E-state index in [0.717, 1.165) is 38.5 Å². The molecule has 1 N–H and O–H groups in total. The third-order valence-corrected chi connectivity index (χ3v) is 3.97. The zero-order chi connectivity index (χ0) is 16.2. The van der Waals surface area contributed by atoms with Gasteiger partial charge in [0.15, 0.2) is 5.65 Å². The summed E-state index contributed by atoms with van der Waals surface area (Å²) in [7, 11) is 0. The van der Waals surface area contributed by atoms with Crippen LogP contribution in [0.2, 0.25) is 0 Å². The van der Waals surface area contributed by atoms with Crippen molar-refractivity contribution in [2.45, 2.75) is 13.8 Å². The van der Waals surface area contributed by atoms with E-state index in [1.54, 1.807) is 11.4 Å². The van der Waals surface area contributed by atoms with Gasteiger partial charge in [-0.3, -0.25) is 5.32 Å². The van der Waals surface area contributed by atoms with Crippen LogP contribution >= 0.6 is 0 Å². The number of aromatic nitrogens is 3. The highest BCUT2D eigenvalue weighted by atomic mass is 16.5. The van der Waals surface area contributed by atoms with Crippen LogP contribution in [0.25, 0.3) is 5.65 Å². The van der Waals surface area contributed by atoms with E-state index in [9.17, 15) is 4.79 Å². The molecule has 0 spiro atoms. The fourth-order valence-electron chi connectivity index (χ4n) is 2.74. The predicted molar refractivity (Wildman–Crippen MR) is 88.0 cm³/mol. The molecule has 0 saturated carbocycles. The van der Waals surface area contributed by atoms with Gasteiger partial charge >= 0.3 is 6.09 Å². The SMILES string of the molecule is CCOC(=O)Nc1nc2cccc(N3CCN(CC)CC3)n2n1. The Bertz CT molecular complexity index is 678. The van der Waals surface area contributed by atoms with Crippen molar-refractivity contribution in [1.29, 1.82) is 0 Å². The molecular formula is C15H22N6O2. The summed E-state index contributed by atoms with van der Waals surface area (Å²) >= 11 is 0. The molecule has 8 heteroatoms. The average molecular weight is 318 g/mol. The van der Waals surface area contributed by atoms with Crippen LogP contribution in [-0.2, 0) is 4.74 Å². The molecule has 0 unspecified atom stereocenters. The lowest BCUT2D eigenvalue weighted by molar-refractivity contribution is 0.167. The number of rotatable bonds is 4. The topological polar surface area (TPSA) is 75.0 Å². The van der Waals surface area contributed by atoms with Crippen molar-refractivity contribution in [3.63, 3.8) is 0 Å². The second-order valence-corrected chi connectivity index (χ2v) is 5.36. The van der Waals surface area contributed by atoms with Crippen molar-refractivity contribution in [1.82, 2.24) is 19.5 Å². The minimum atomic E-state index is -0.540. The zero-order valence-corrected chi connectivity index (χ0v) is 13.5. The van der Waals surface area contributed by atoms with Gasteiger partial charge in [-0.05, 0) is 25.6 Å². The number of hydrogen-bond donors (Lipinski definition) is 1. The number of nitrogens with zero attached hydrogens (tertiary/aromatic N) is 5. The number of fused-ring (bicyclic) bond motifs is 1. The van der Waals surface area contributed by atoms with Crippen LogP contribution in [0.1, 0.15) is 13.8 Å². The normalized spacial score (nSPS) is 15.8. The fraction of sp³-hybridized carbons (Fsp3) is 0.533. The van der Waals surface area contributed by atoms with Crippen molar-refractivity contribution >= 4 is 23.5 Å². The maximum atomic E-state index is 11.5.